The number of nitrogens with zero attached hydrogens (tertiary/aromatic N) is 1. The molecule has 0 fully saturated rings. The van der Waals surface area contributed by atoms with Crippen molar-refractivity contribution in [1.82, 2.24) is 0 Å². The lowest BCUT2D eigenvalue weighted by Gasteiger charge is -2.23. The van der Waals surface area contributed by atoms with Gasteiger partial charge in [-0.3, -0.25) is 9.69 Å². The van der Waals surface area contributed by atoms with Crippen LogP contribution in [0.5, 0.6) is 0 Å². The lowest BCUT2D eigenvalue weighted by molar-refractivity contribution is -0.148. The first-order chi connectivity index (χ1) is 7.57. The molecule has 0 radical (unpaired) electrons. The Hall–Kier alpha value is -2.14. The number of aliphatic carboxylic acids is 1. The van der Waals surface area contributed by atoms with Gasteiger partial charge in [0.25, 0.3) is 5.91 Å². The van der Waals surface area contributed by atoms with Crippen molar-refractivity contribution in [3.63, 3.8) is 0 Å². The van der Waals surface area contributed by atoms with Crippen molar-refractivity contribution in [2.45, 2.75) is 6.23 Å². The van der Waals surface area contributed by atoms with E-state index in [1.807, 2.05) is 0 Å². The number of anilines is 1. The normalized spacial score (nSPS) is 11.6. The molecular formula is C11H11NO4. The first-order valence-electron chi connectivity index (χ1n) is 4.49. The van der Waals surface area contributed by atoms with Gasteiger partial charge in [-0.25, -0.2) is 4.79 Å². The zero-order chi connectivity index (χ0) is 12.1. The predicted molar refractivity (Wildman–Crippen MR) is 57.8 cm³/mol. The number of benzene rings is 1. The number of rotatable bonds is 4. The zero-order valence-corrected chi connectivity index (χ0v) is 8.41. The minimum atomic E-state index is -1.92. The van der Waals surface area contributed by atoms with Gasteiger partial charge in [-0.1, -0.05) is 24.8 Å². The zero-order valence-electron chi connectivity index (χ0n) is 8.41. The quantitative estimate of drug-likeness (QED) is 0.576. The minimum absolute atomic E-state index is 0.294. The summed E-state index contributed by atoms with van der Waals surface area (Å²) in [5.74, 6) is -2.18. The van der Waals surface area contributed by atoms with E-state index in [0.717, 1.165) is 11.0 Å². The molecule has 1 unspecified atom stereocenters. The molecule has 0 saturated heterocycles. The number of carboxylic acids is 1. The smallest absolute Gasteiger partial charge is 0.354 e. The molecule has 1 aromatic rings. The summed E-state index contributed by atoms with van der Waals surface area (Å²) in [6.07, 6.45) is -0.980. The lowest BCUT2D eigenvalue weighted by atomic mass is 10.2. The van der Waals surface area contributed by atoms with Crippen LogP contribution in [0.25, 0.3) is 0 Å². The summed E-state index contributed by atoms with van der Waals surface area (Å²) in [5.41, 5.74) is 0.294. The van der Waals surface area contributed by atoms with Crippen molar-refractivity contribution in [2.24, 2.45) is 0 Å². The van der Waals surface area contributed by atoms with E-state index in [2.05, 4.69) is 6.58 Å². The topological polar surface area (TPSA) is 77.8 Å². The fraction of sp³-hybridized carbons (Fsp3) is 0.0909. The van der Waals surface area contributed by atoms with Crippen molar-refractivity contribution >= 4 is 17.6 Å². The standard InChI is InChI=1S/C11H11NO4/c1-2-9(13)12(10(14)11(15)16)8-6-4-3-5-7-8/h2-7,10,14H,1H2,(H,15,16). The van der Waals surface area contributed by atoms with E-state index in [1.165, 1.54) is 12.1 Å². The van der Waals surface area contributed by atoms with Crippen LogP contribution in [0.1, 0.15) is 0 Å². The Labute approximate surface area is 92.2 Å². The Morgan fingerprint density at radius 3 is 2.31 bits per heavy atom. The summed E-state index contributed by atoms with van der Waals surface area (Å²) in [4.78, 5) is 22.8. The van der Waals surface area contributed by atoms with E-state index in [9.17, 15) is 14.7 Å². The van der Waals surface area contributed by atoms with Crippen LogP contribution in [0.3, 0.4) is 0 Å². The molecule has 0 spiro atoms. The highest BCUT2D eigenvalue weighted by Crippen LogP contribution is 2.16. The molecule has 5 heteroatoms. The number of aliphatic hydroxyl groups excluding tert-OH is 1. The van der Waals surface area contributed by atoms with Gasteiger partial charge in [0.2, 0.25) is 6.23 Å². The highest BCUT2D eigenvalue weighted by Gasteiger charge is 2.27. The van der Waals surface area contributed by atoms with Crippen LogP contribution in [-0.2, 0) is 9.59 Å². The molecule has 0 aliphatic heterocycles. The van der Waals surface area contributed by atoms with Crippen LogP contribution < -0.4 is 4.90 Å². The maximum atomic E-state index is 11.4. The molecule has 1 aromatic carbocycles. The van der Waals surface area contributed by atoms with E-state index in [4.69, 9.17) is 5.11 Å². The largest absolute Gasteiger partial charge is 0.478 e. The number of hydrogen-bond donors (Lipinski definition) is 2. The fourth-order valence-corrected chi connectivity index (χ4v) is 1.19. The van der Waals surface area contributed by atoms with Crippen molar-refractivity contribution in [3.05, 3.63) is 43.0 Å². The number of amides is 1. The van der Waals surface area contributed by atoms with Crippen molar-refractivity contribution < 1.29 is 19.8 Å². The van der Waals surface area contributed by atoms with Crippen LogP contribution >= 0.6 is 0 Å². The lowest BCUT2D eigenvalue weighted by Crippen LogP contribution is -2.44. The summed E-state index contributed by atoms with van der Waals surface area (Å²) in [6.45, 7) is 3.25. The Morgan fingerprint density at radius 2 is 1.88 bits per heavy atom. The predicted octanol–water partition coefficient (Wildman–Crippen LogP) is 0.609. The number of carbonyl (C=O) groups is 2. The van der Waals surface area contributed by atoms with Gasteiger partial charge in [0, 0.05) is 5.69 Å². The van der Waals surface area contributed by atoms with Crippen molar-refractivity contribution in [1.29, 1.82) is 0 Å². The minimum Gasteiger partial charge on any atom is -0.478 e. The first-order valence-corrected chi connectivity index (χ1v) is 4.49. The van der Waals surface area contributed by atoms with Gasteiger partial charge in [0.1, 0.15) is 0 Å². The van der Waals surface area contributed by atoms with Gasteiger partial charge < -0.3 is 10.2 Å². The average Bonchev–Trinajstić information content (AvgIpc) is 2.30. The molecule has 84 valence electrons. The number of carbonyl (C=O) groups excluding carboxylic acids is 1. The fourth-order valence-electron chi connectivity index (χ4n) is 1.19. The molecular weight excluding hydrogens is 210 g/mol. The highest BCUT2D eigenvalue weighted by atomic mass is 16.4. The molecule has 1 amide bonds. The second-order valence-electron chi connectivity index (χ2n) is 2.96. The second kappa shape index (κ2) is 5.09. The summed E-state index contributed by atoms with van der Waals surface area (Å²) in [6, 6.07) is 8.02. The molecule has 0 heterocycles. The molecule has 0 aliphatic carbocycles. The van der Waals surface area contributed by atoms with Gasteiger partial charge in [-0.15, -0.1) is 0 Å². The molecule has 2 N–H and O–H groups in total. The average molecular weight is 221 g/mol. The van der Waals surface area contributed by atoms with Crippen molar-refractivity contribution in [2.75, 3.05) is 4.90 Å². The maximum Gasteiger partial charge on any atom is 0.354 e. The molecule has 1 atom stereocenters. The number of carboxylic acid groups (broad SMARTS) is 1. The number of hydrogen-bond acceptors (Lipinski definition) is 3. The Bertz CT molecular complexity index is 402. The van der Waals surface area contributed by atoms with Gasteiger partial charge in [0.05, 0.1) is 0 Å². The van der Waals surface area contributed by atoms with Gasteiger partial charge in [-0.2, -0.15) is 0 Å². The highest BCUT2D eigenvalue weighted by molar-refractivity contribution is 6.04. The second-order valence-corrected chi connectivity index (χ2v) is 2.96. The van der Waals surface area contributed by atoms with E-state index < -0.39 is 18.1 Å². The third-order valence-corrected chi connectivity index (χ3v) is 1.91. The van der Waals surface area contributed by atoms with Gasteiger partial charge in [-0.05, 0) is 18.2 Å². The van der Waals surface area contributed by atoms with Gasteiger partial charge in [0.15, 0.2) is 0 Å². The summed E-state index contributed by atoms with van der Waals surface area (Å²) in [7, 11) is 0. The molecule has 0 saturated carbocycles. The molecule has 0 aliphatic rings. The summed E-state index contributed by atoms with van der Waals surface area (Å²) in [5, 5.41) is 18.1. The maximum absolute atomic E-state index is 11.4. The van der Waals surface area contributed by atoms with Gasteiger partial charge >= 0.3 is 5.97 Å². The Morgan fingerprint density at radius 1 is 1.31 bits per heavy atom. The van der Waals surface area contributed by atoms with E-state index in [-0.39, 0.29) is 0 Å². The Kier molecular flexibility index (Phi) is 3.79. The number of aliphatic hydroxyl groups is 1. The molecule has 5 nitrogen and oxygen atoms in total. The number of para-hydroxylation sites is 1. The third-order valence-electron chi connectivity index (χ3n) is 1.91. The molecule has 0 bridgehead atoms. The van der Waals surface area contributed by atoms with E-state index >= 15 is 0 Å². The van der Waals surface area contributed by atoms with Crippen LogP contribution in [-0.4, -0.2) is 28.3 Å². The van der Waals surface area contributed by atoms with Crippen LogP contribution in [0.2, 0.25) is 0 Å². The summed E-state index contributed by atoms with van der Waals surface area (Å²) < 4.78 is 0. The molecule has 16 heavy (non-hydrogen) atoms. The molecule has 0 aromatic heterocycles. The van der Waals surface area contributed by atoms with E-state index in [1.54, 1.807) is 18.2 Å². The monoisotopic (exact) mass is 221 g/mol. The molecule has 1 rings (SSSR count). The van der Waals surface area contributed by atoms with Crippen molar-refractivity contribution in [3.8, 4) is 0 Å². The third kappa shape index (κ3) is 2.46. The first kappa shape index (κ1) is 11.9. The SMILES string of the molecule is C=CC(=O)N(c1ccccc1)C(O)C(=O)O. The van der Waals surface area contributed by atoms with Crippen LogP contribution in [0, 0.1) is 0 Å². The van der Waals surface area contributed by atoms with E-state index in [0.29, 0.717) is 5.69 Å². The van der Waals surface area contributed by atoms with Crippen LogP contribution in [0.15, 0.2) is 43.0 Å². The van der Waals surface area contributed by atoms with Crippen LogP contribution in [0.4, 0.5) is 5.69 Å². The Balaban J connectivity index is 3.11. The summed E-state index contributed by atoms with van der Waals surface area (Å²) >= 11 is 0.